The van der Waals surface area contributed by atoms with Crippen molar-refractivity contribution in [1.29, 1.82) is 0 Å². The van der Waals surface area contributed by atoms with Crippen LogP contribution in [0.15, 0.2) is 30.3 Å². The molecule has 0 heterocycles. The van der Waals surface area contributed by atoms with Crippen molar-refractivity contribution in [3.8, 4) is 0 Å². The van der Waals surface area contributed by atoms with Gasteiger partial charge in [-0.25, -0.2) is 0 Å². The van der Waals surface area contributed by atoms with Gasteiger partial charge in [0.1, 0.15) is 6.29 Å². The Bertz CT molecular complexity index is 458. The molecule has 0 saturated heterocycles. The van der Waals surface area contributed by atoms with Gasteiger partial charge in [-0.3, -0.25) is 4.79 Å². The lowest BCUT2D eigenvalue weighted by Crippen LogP contribution is -2.37. The Hall–Kier alpha value is -1.64. The number of aldehydes is 1. The summed E-state index contributed by atoms with van der Waals surface area (Å²) in [6.45, 7) is 2.25. The van der Waals surface area contributed by atoms with Gasteiger partial charge in [0, 0.05) is 6.42 Å². The maximum absolute atomic E-state index is 12.0. The van der Waals surface area contributed by atoms with Crippen molar-refractivity contribution in [2.24, 2.45) is 0 Å². The highest BCUT2D eigenvalue weighted by molar-refractivity contribution is 5.79. The predicted octanol–water partition coefficient (Wildman–Crippen LogP) is 5.22. The molecule has 25 heavy (non-hydrogen) atoms. The summed E-state index contributed by atoms with van der Waals surface area (Å²) >= 11 is 0. The van der Waals surface area contributed by atoms with E-state index < -0.39 is 6.04 Å². The second-order valence-corrected chi connectivity index (χ2v) is 6.93. The lowest BCUT2D eigenvalue weighted by atomic mass is 10.0. The number of hydrogen-bond donors (Lipinski definition) is 1. The number of nitrogens with one attached hydrogen (secondary N) is 1. The average molecular weight is 346 g/mol. The third-order valence-corrected chi connectivity index (χ3v) is 4.57. The molecule has 0 aliphatic heterocycles. The maximum Gasteiger partial charge on any atom is 0.220 e. The van der Waals surface area contributed by atoms with Crippen molar-refractivity contribution in [2.45, 2.75) is 90.0 Å². The topological polar surface area (TPSA) is 46.2 Å². The molecule has 0 radical (unpaired) electrons. The van der Waals surface area contributed by atoms with Crippen LogP contribution in [0.3, 0.4) is 0 Å². The van der Waals surface area contributed by atoms with E-state index in [0.717, 1.165) is 24.7 Å². The molecule has 3 heteroatoms. The van der Waals surface area contributed by atoms with Crippen LogP contribution in [0, 0.1) is 0 Å². The van der Waals surface area contributed by atoms with E-state index >= 15 is 0 Å². The summed E-state index contributed by atoms with van der Waals surface area (Å²) in [5.74, 6) is -0.00685. The fourth-order valence-electron chi connectivity index (χ4n) is 3.05. The number of benzene rings is 1. The summed E-state index contributed by atoms with van der Waals surface area (Å²) in [4.78, 5) is 23.1. The number of unbranched alkanes of at least 4 members (excludes halogenated alkanes) is 9. The van der Waals surface area contributed by atoms with Crippen molar-refractivity contribution in [3.63, 3.8) is 0 Å². The molecule has 0 aliphatic rings. The first-order valence-electron chi connectivity index (χ1n) is 10.0. The third-order valence-electron chi connectivity index (χ3n) is 4.57. The fourth-order valence-corrected chi connectivity index (χ4v) is 3.05. The molecule has 0 aromatic heterocycles. The van der Waals surface area contributed by atoms with Gasteiger partial charge in [0.2, 0.25) is 5.91 Å². The maximum atomic E-state index is 12.0. The monoisotopic (exact) mass is 345 g/mol. The Morgan fingerprint density at radius 2 is 1.48 bits per heavy atom. The Morgan fingerprint density at radius 1 is 0.920 bits per heavy atom. The van der Waals surface area contributed by atoms with Crippen molar-refractivity contribution >= 4 is 12.2 Å². The van der Waals surface area contributed by atoms with E-state index in [-0.39, 0.29) is 5.91 Å². The molecule has 0 saturated carbocycles. The van der Waals surface area contributed by atoms with Crippen LogP contribution < -0.4 is 5.32 Å². The van der Waals surface area contributed by atoms with Crippen molar-refractivity contribution in [3.05, 3.63) is 35.9 Å². The van der Waals surface area contributed by atoms with Gasteiger partial charge in [-0.1, -0.05) is 95.0 Å². The molecule has 140 valence electrons. The van der Waals surface area contributed by atoms with Crippen LogP contribution in [0.25, 0.3) is 0 Å². The van der Waals surface area contributed by atoms with Crippen LogP contribution in [0.1, 0.15) is 83.1 Å². The van der Waals surface area contributed by atoms with Gasteiger partial charge in [-0.2, -0.15) is 0 Å². The molecule has 1 amide bonds. The normalized spacial score (nSPS) is 11.9. The molecule has 1 aromatic rings. The summed E-state index contributed by atoms with van der Waals surface area (Å²) < 4.78 is 0. The molecule has 0 fully saturated rings. The molecule has 1 atom stereocenters. The molecule has 1 aromatic carbocycles. The summed E-state index contributed by atoms with van der Waals surface area (Å²) in [6.07, 6.45) is 14.5. The van der Waals surface area contributed by atoms with E-state index in [2.05, 4.69) is 12.2 Å². The van der Waals surface area contributed by atoms with E-state index in [0.29, 0.717) is 12.8 Å². The second kappa shape index (κ2) is 14.7. The zero-order valence-corrected chi connectivity index (χ0v) is 15.8. The fraction of sp³-hybridized carbons (Fsp3) is 0.636. The number of rotatable bonds is 15. The highest BCUT2D eigenvalue weighted by atomic mass is 16.2. The number of amides is 1. The predicted molar refractivity (Wildman–Crippen MR) is 105 cm³/mol. The zero-order chi connectivity index (χ0) is 18.2. The Balaban J connectivity index is 2.03. The minimum Gasteiger partial charge on any atom is -0.346 e. The molecular weight excluding hydrogens is 310 g/mol. The smallest absolute Gasteiger partial charge is 0.220 e. The SMILES string of the molecule is CCCCCCCCCCCCC(=O)NC(C=O)Cc1ccccc1. The van der Waals surface area contributed by atoms with E-state index in [1.54, 1.807) is 0 Å². The number of carbonyl (C=O) groups excluding carboxylic acids is 2. The van der Waals surface area contributed by atoms with Gasteiger partial charge >= 0.3 is 0 Å². The second-order valence-electron chi connectivity index (χ2n) is 6.93. The minimum absolute atomic E-state index is 0.00685. The van der Waals surface area contributed by atoms with Gasteiger partial charge in [-0.15, -0.1) is 0 Å². The molecule has 1 unspecified atom stereocenters. The molecule has 3 nitrogen and oxygen atoms in total. The van der Waals surface area contributed by atoms with E-state index in [1.165, 1.54) is 51.4 Å². The van der Waals surface area contributed by atoms with Crippen LogP contribution in [0.2, 0.25) is 0 Å². The highest BCUT2D eigenvalue weighted by Crippen LogP contribution is 2.11. The summed E-state index contributed by atoms with van der Waals surface area (Å²) in [5.41, 5.74) is 1.07. The average Bonchev–Trinajstić information content (AvgIpc) is 2.63. The van der Waals surface area contributed by atoms with Crippen molar-refractivity contribution in [1.82, 2.24) is 5.32 Å². The van der Waals surface area contributed by atoms with Crippen LogP contribution in [-0.4, -0.2) is 18.2 Å². The number of hydrogen-bond acceptors (Lipinski definition) is 2. The number of carbonyl (C=O) groups is 2. The largest absolute Gasteiger partial charge is 0.346 e. The van der Waals surface area contributed by atoms with Gasteiger partial charge in [0.15, 0.2) is 0 Å². The van der Waals surface area contributed by atoms with Crippen LogP contribution in [0.5, 0.6) is 0 Å². The quantitative estimate of drug-likeness (QED) is 0.350. The van der Waals surface area contributed by atoms with Crippen molar-refractivity contribution in [2.75, 3.05) is 0 Å². The van der Waals surface area contributed by atoms with Crippen LogP contribution in [-0.2, 0) is 16.0 Å². The molecule has 1 rings (SSSR count). The third kappa shape index (κ3) is 11.5. The molecule has 0 aliphatic carbocycles. The first kappa shape index (κ1) is 21.4. The molecule has 0 spiro atoms. The highest BCUT2D eigenvalue weighted by Gasteiger charge is 2.11. The standard InChI is InChI=1S/C22H35NO2/c1-2-3-4-5-6-7-8-9-10-14-17-22(25)23-21(19-24)18-20-15-12-11-13-16-20/h11-13,15-16,19,21H,2-10,14,17-18H2,1H3,(H,23,25). The van der Waals surface area contributed by atoms with Crippen molar-refractivity contribution < 1.29 is 9.59 Å². The Morgan fingerprint density at radius 3 is 2.04 bits per heavy atom. The molecular formula is C22H35NO2. The minimum atomic E-state index is -0.418. The first-order valence-corrected chi connectivity index (χ1v) is 10.0. The summed E-state index contributed by atoms with van der Waals surface area (Å²) in [6, 6.07) is 9.38. The first-order chi connectivity index (χ1) is 12.3. The van der Waals surface area contributed by atoms with E-state index in [9.17, 15) is 9.59 Å². The van der Waals surface area contributed by atoms with Gasteiger partial charge in [0.25, 0.3) is 0 Å². The summed E-state index contributed by atoms with van der Waals surface area (Å²) in [5, 5.41) is 2.84. The zero-order valence-electron chi connectivity index (χ0n) is 15.8. The van der Waals surface area contributed by atoms with Gasteiger partial charge in [-0.05, 0) is 18.4 Å². The Labute approximate surface area is 153 Å². The lowest BCUT2D eigenvalue weighted by molar-refractivity contribution is -0.124. The molecule has 0 bridgehead atoms. The summed E-state index contributed by atoms with van der Waals surface area (Å²) in [7, 11) is 0. The van der Waals surface area contributed by atoms with Crippen LogP contribution in [0.4, 0.5) is 0 Å². The Kier molecular flexibility index (Phi) is 12.6. The lowest BCUT2D eigenvalue weighted by Gasteiger charge is -2.12. The van der Waals surface area contributed by atoms with E-state index in [4.69, 9.17) is 0 Å². The van der Waals surface area contributed by atoms with Gasteiger partial charge < -0.3 is 10.1 Å². The van der Waals surface area contributed by atoms with Gasteiger partial charge in [0.05, 0.1) is 6.04 Å². The van der Waals surface area contributed by atoms with Crippen LogP contribution >= 0.6 is 0 Å². The molecule has 1 N–H and O–H groups in total. The van der Waals surface area contributed by atoms with E-state index in [1.807, 2.05) is 30.3 Å².